The van der Waals surface area contributed by atoms with Crippen LogP contribution in [0.2, 0.25) is 0 Å². The van der Waals surface area contributed by atoms with Gasteiger partial charge in [-0.2, -0.15) is 5.10 Å². The van der Waals surface area contributed by atoms with E-state index in [1.54, 1.807) is 11.3 Å². The van der Waals surface area contributed by atoms with Crippen molar-refractivity contribution in [3.05, 3.63) is 34.0 Å². The van der Waals surface area contributed by atoms with Crippen molar-refractivity contribution in [1.29, 1.82) is 0 Å². The number of nitrogens with zero attached hydrogens (tertiary/aromatic N) is 3. The summed E-state index contributed by atoms with van der Waals surface area (Å²) in [6.07, 6.45) is 3.83. The summed E-state index contributed by atoms with van der Waals surface area (Å²) >= 11 is 1.61. The van der Waals surface area contributed by atoms with Gasteiger partial charge in [0, 0.05) is 36.2 Å². The lowest BCUT2D eigenvalue weighted by atomic mass is 10.1. The second kappa shape index (κ2) is 6.30. The summed E-state index contributed by atoms with van der Waals surface area (Å²) in [5.41, 5.74) is 1.97. The molecule has 0 saturated heterocycles. The van der Waals surface area contributed by atoms with Crippen LogP contribution >= 0.6 is 11.3 Å². The van der Waals surface area contributed by atoms with Crippen LogP contribution in [0.3, 0.4) is 0 Å². The van der Waals surface area contributed by atoms with Crippen molar-refractivity contribution < 1.29 is 5.11 Å². The minimum Gasteiger partial charge on any atom is -0.392 e. The quantitative estimate of drug-likeness (QED) is 0.884. The molecule has 2 aromatic rings. The lowest BCUT2D eigenvalue weighted by Crippen LogP contribution is -2.15. The molecule has 0 aliphatic rings. The average Bonchev–Trinajstić information content (AvgIpc) is 2.98. The lowest BCUT2D eigenvalue weighted by molar-refractivity contribution is 0.173. The second-order valence-corrected chi connectivity index (χ2v) is 5.93. The normalized spacial score (nSPS) is 14.5. The first-order valence-corrected chi connectivity index (χ1v) is 7.59. The molecule has 2 atom stereocenters. The molecule has 4 nitrogen and oxygen atoms in total. The number of rotatable bonds is 6. The molecule has 0 amide bonds. The first-order chi connectivity index (χ1) is 9.08. The number of thiazole rings is 1. The standard InChI is InChI=1S/C14H21N3OS/c1-4-11(3)17-6-5-12(16-17)7-13(18)8-14-15-10(2)9-19-14/h5-6,9,11,13,18H,4,7-8H2,1-3H3. The van der Waals surface area contributed by atoms with E-state index >= 15 is 0 Å². The lowest BCUT2D eigenvalue weighted by Gasteiger charge is -2.09. The predicted octanol–water partition coefficient (Wildman–Crippen LogP) is 2.77. The van der Waals surface area contributed by atoms with E-state index in [9.17, 15) is 5.11 Å². The van der Waals surface area contributed by atoms with Crippen molar-refractivity contribution >= 4 is 11.3 Å². The fourth-order valence-electron chi connectivity index (χ4n) is 1.93. The van der Waals surface area contributed by atoms with E-state index in [1.807, 2.05) is 29.2 Å². The van der Waals surface area contributed by atoms with Crippen molar-refractivity contribution in [1.82, 2.24) is 14.8 Å². The first kappa shape index (κ1) is 14.2. The van der Waals surface area contributed by atoms with Gasteiger partial charge in [0.25, 0.3) is 0 Å². The van der Waals surface area contributed by atoms with E-state index in [2.05, 4.69) is 23.9 Å². The molecule has 0 spiro atoms. The Balaban J connectivity index is 1.91. The molecule has 19 heavy (non-hydrogen) atoms. The topological polar surface area (TPSA) is 50.9 Å². The zero-order valence-corrected chi connectivity index (χ0v) is 12.5. The van der Waals surface area contributed by atoms with Gasteiger partial charge in [0.1, 0.15) is 0 Å². The third-order valence-electron chi connectivity index (χ3n) is 3.23. The summed E-state index contributed by atoms with van der Waals surface area (Å²) in [5.74, 6) is 0. The Hall–Kier alpha value is -1.20. The maximum Gasteiger partial charge on any atom is 0.0954 e. The van der Waals surface area contributed by atoms with Gasteiger partial charge < -0.3 is 5.11 Å². The molecular formula is C14H21N3OS. The maximum atomic E-state index is 10.1. The van der Waals surface area contributed by atoms with Crippen LogP contribution in [0.4, 0.5) is 0 Å². The zero-order valence-electron chi connectivity index (χ0n) is 11.7. The molecule has 2 heterocycles. The number of aromatic nitrogens is 3. The molecule has 0 aliphatic heterocycles. The average molecular weight is 279 g/mol. The highest BCUT2D eigenvalue weighted by atomic mass is 32.1. The molecular weight excluding hydrogens is 258 g/mol. The van der Waals surface area contributed by atoms with Crippen molar-refractivity contribution in [2.45, 2.75) is 52.2 Å². The van der Waals surface area contributed by atoms with E-state index in [1.165, 1.54) is 0 Å². The fourth-order valence-corrected chi connectivity index (χ4v) is 2.78. The number of aliphatic hydroxyl groups is 1. The molecule has 0 fully saturated rings. The largest absolute Gasteiger partial charge is 0.392 e. The van der Waals surface area contributed by atoms with Crippen LogP contribution in [-0.2, 0) is 12.8 Å². The minimum atomic E-state index is -0.411. The summed E-state index contributed by atoms with van der Waals surface area (Å²) in [6, 6.07) is 2.40. The van der Waals surface area contributed by atoms with Gasteiger partial charge in [-0.1, -0.05) is 6.92 Å². The molecule has 0 bridgehead atoms. The Morgan fingerprint density at radius 2 is 2.21 bits per heavy atom. The van der Waals surface area contributed by atoms with E-state index in [0.717, 1.165) is 22.8 Å². The number of hydrogen-bond acceptors (Lipinski definition) is 4. The van der Waals surface area contributed by atoms with Crippen LogP contribution in [0.15, 0.2) is 17.6 Å². The minimum absolute atomic E-state index is 0.410. The Bertz CT molecular complexity index is 520. The van der Waals surface area contributed by atoms with Crippen LogP contribution in [0, 0.1) is 6.92 Å². The summed E-state index contributed by atoms with van der Waals surface area (Å²) < 4.78 is 1.97. The van der Waals surface area contributed by atoms with Gasteiger partial charge >= 0.3 is 0 Å². The molecule has 104 valence electrons. The van der Waals surface area contributed by atoms with Gasteiger partial charge in [0.15, 0.2) is 0 Å². The van der Waals surface area contributed by atoms with Gasteiger partial charge in [0.05, 0.1) is 16.8 Å². The van der Waals surface area contributed by atoms with Crippen LogP contribution in [-0.4, -0.2) is 26.0 Å². The van der Waals surface area contributed by atoms with Crippen molar-refractivity contribution in [3.8, 4) is 0 Å². The van der Waals surface area contributed by atoms with E-state index < -0.39 is 6.10 Å². The van der Waals surface area contributed by atoms with E-state index in [0.29, 0.717) is 18.9 Å². The monoisotopic (exact) mass is 279 g/mol. The second-order valence-electron chi connectivity index (χ2n) is 4.99. The summed E-state index contributed by atoms with van der Waals surface area (Å²) in [5, 5.41) is 17.6. The van der Waals surface area contributed by atoms with E-state index in [4.69, 9.17) is 0 Å². The summed E-state index contributed by atoms with van der Waals surface area (Å²) in [6.45, 7) is 6.26. The number of aliphatic hydroxyl groups excluding tert-OH is 1. The molecule has 0 aromatic carbocycles. The van der Waals surface area contributed by atoms with E-state index in [-0.39, 0.29) is 0 Å². The number of aryl methyl sites for hydroxylation is 1. The Kier molecular flexibility index (Phi) is 4.71. The third kappa shape index (κ3) is 3.88. The highest BCUT2D eigenvalue weighted by molar-refractivity contribution is 7.09. The van der Waals surface area contributed by atoms with Crippen LogP contribution in [0.5, 0.6) is 0 Å². The molecule has 2 aromatic heterocycles. The number of hydrogen-bond donors (Lipinski definition) is 1. The Labute approximate surface area is 118 Å². The smallest absolute Gasteiger partial charge is 0.0954 e. The Morgan fingerprint density at radius 3 is 2.84 bits per heavy atom. The van der Waals surface area contributed by atoms with Crippen LogP contribution in [0.1, 0.15) is 42.7 Å². The van der Waals surface area contributed by atoms with Gasteiger partial charge in [0.2, 0.25) is 0 Å². The van der Waals surface area contributed by atoms with Gasteiger partial charge in [-0.3, -0.25) is 4.68 Å². The summed E-state index contributed by atoms with van der Waals surface area (Å²) in [4.78, 5) is 4.37. The first-order valence-electron chi connectivity index (χ1n) is 6.71. The van der Waals surface area contributed by atoms with Gasteiger partial charge in [-0.05, 0) is 26.3 Å². The summed E-state index contributed by atoms with van der Waals surface area (Å²) in [7, 11) is 0. The molecule has 0 saturated carbocycles. The molecule has 2 unspecified atom stereocenters. The van der Waals surface area contributed by atoms with Crippen LogP contribution in [0.25, 0.3) is 0 Å². The molecule has 0 radical (unpaired) electrons. The third-order valence-corrected chi connectivity index (χ3v) is 4.22. The van der Waals surface area contributed by atoms with Crippen LogP contribution < -0.4 is 0 Å². The highest BCUT2D eigenvalue weighted by Crippen LogP contribution is 2.14. The maximum absolute atomic E-state index is 10.1. The molecule has 5 heteroatoms. The molecule has 0 aliphatic carbocycles. The fraction of sp³-hybridized carbons (Fsp3) is 0.571. The van der Waals surface area contributed by atoms with Crippen molar-refractivity contribution in [2.75, 3.05) is 0 Å². The van der Waals surface area contributed by atoms with Crippen molar-refractivity contribution in [2.24, 2.45) is 0 Å². The van der Waals surface area contributed by atoms with Gasteiger partial charge in [-0.15, -0.1) is 11.3 Å². The molecule has 2 rings (SSSR count). The SMILES string of the molecule is CCC(C)n1ccc(CC(O)Cc2nc(C)cs2)n1. The molecule has 1 N–H and O–H groups in total. The predicted molar refractivity (Wildman–Crippen MR) is 77.5 cm³/mol. The van der Waals surface area contributed by atoms with Crippen molar-refractivity contribution in [3.63, 3.8) is 0 Å². The Morgan fingerprint density at radius 1 is 1.42 bits per heavy atom. The zero-order chi connectivity index (χ0) is 13.8. The van der Waals surface area contributed by atoms with Gasteiger partial charge in [-0.25, -0.2) is 4.98 Å². The highest BCUT2D eigenvalue weighted by Gasteiger charge is 2.12.